The van der Waals surface area contributed by atoms with Crippen LogP contribution >= 0.6 is 0 Å². The minimum atomic E-state index is -0.250. The number of aliphatic hydroxyl groups is 1. The third kappa shape index (κ3) is 2.70. The maximum absolute atomic E-state index is 9.21. The number of nitrogens with zero attached hydrogens (tertiary/aromatic N) is 2. The fourth-order valence-electron chi connectivity index (χ4n) is 1.59. The minimum Gasteiger partial charge on any atom is -0.393 e. The average Bonchev–Trinajstić information content (AvgIpc) is 2.76. The molecule has 3 heteroatoms. The topological polar surface area (TPSA) is 38.1 Å². The lowest BCUT2D eigenvalue weighted by Gasteiger charge is -2.01. The molecule has 16 heavy (non-hydrogen) atoms. The average molecular weight is 216 g/mol. The zero-order chi connectivity index (χ0) is 11.4. The van der Waals surface area contributed by atoms with Gasteiger partial charge in [0.1, 0.15) is 0 Å². The van der Waals surface area contributed by atoms with Crippen LogP contribution in [0.3, 0.4) is 0 Å². The smallest absolute Gasteiger partial charge is 0.0645 e. The molecule has 0 fully saturated rings. The van der Waals surface area contributed by atoms with Crippen molar-refractivity contribution >= 4 is 0 Å². The summed E-state index contributed by atoms with van der Waals surface area (Å²) in [4.78, 5) is 0. The van der Waals surface area contributed by atoms with E-state index in [1.165, 1.54) is 0 Å². The molecule has 2 aromatic rings. The Labute approximate surface area is 95.3 Å². The Morgan fingerprint density at radius 1 is 1.31 bits per heavy atom. The highest BCUT2D eigenvalue weighted by molar-refractivity contribution is 5.30. The summed E-state index contributed by atoms with van der Waals surface area (Å²) in [5.74, 6) is 0. The molecule has 0 amide bonds. The predicted octanol–water partition coefficient (Wildman–Crippen LogP) is 2.19. The lowest BCUT2D eigenvalue weighted by Crippen LogP contribution is -2.00. The van der Waals surface area contributed by atoms with E-state index in [0.717, 1.165) is 24.1 Å². The van der Waals surface area contributed by atoms with Gasteiger partial charge in [-0.05, 0) is 37.5 Å². The second kappa shape index (κ2) is 4.94. The lowest BCUT2D eigenvalue weighted by atomic mass is 10.1. The Morgan fingerprint density at radius 3 is 2.75 bits per heavy atom. The van der Waals surface area contributed by atoms with Crippen LogP contribution in [0.4, 0.5) is 0 Å². The number of aromatic nitrogens is 2. The maximum Gasteiger partial charge on any atom is 0.0645 e. The van der Waals surface area contributed by atoms with E-state index in [4.69, 9.17) is 0 Å². The summed E-state index contributed by atoms with van der Waals surface area (Å²) in [6.45, 7) is 1.81. The Kier molecular flexibility index (Phi) is 3.37. The molecule has 1 aromatic carbocycles. The van der Waals surface area contributed by atoms with E-state index in [1.54, 1.807) is 0 Å². The zero-order valence-corrected chi connectivity index (χ0v) is 9.37. The standard InChI is InChI=1S/C13H16N2O/c1-11(16)7-8-12-9-14-15(10-12)13-5-3-2-4-6-13/h2-6,9-11,16H,7-8H2,1H3/t11-/m0/s1. The van der Waals surface area contributed by atoms with E-state index in [-0.39, 0.29) is 6.10 Å². The zero-order valence-electron chi connectivity index (χ0n) is 9.37. The molecule has 2 rings (SSSR count). The third-order valence-electron chi connectivity index (χ3n) is 2.51. The summed E-state index contributed by atoms with van der Waals surface area (Å²) in [7, 11) is 0. The quantitative estimate of drug-likeness (QED) is 0.850. The molecule has 0 spiro atoms. The normalized spacial score (nSPS) is 12.6. The summed E-state index contributed by atoms with van der Waals surface area (Å²) < 4.78 is 1.86. The molecule has 0 saturated carbocycles. The molecule has 3 nitrogen and oxygen atoms in total. The van der Waals surface area contributed by atoms with Crippen molar-refractivity contribution in [3.05, 3.63) is 48.3 Å². The van der Waals surface area contributed by atoms with Crippen LogP contribution in [0, 0.1) is 0 Å². The summed E-state index contributed by atoms with van der Waals surface area (Å²) in [6, 6.07) is 10.0. The molecule has 0 aliphatic carbocycles. The second-order valence-corrected chi connectivity index (χ2v) is 4.02. The predicted molar refractivity (Wildman–Crippen MR) is 63.6 cm³/mol. The Balaban J connectivity index is 2.08. The van der Waals surface area contributed by atoms with Crippen molar-refractivity contribution in [2.75, 3.05) is 0 Å². The number of benzene rings is 1. The van der Waals surface area contributed by atoms with Crippen LogP contribution in [-0.2, 0) is 6.42 Å². The monoisotopic (exact) mass is 216 g/mol. The summed E-state index contributed by atoms with van der Waals surface area (Å²) in [5.41, 5.74) is 2.22. The maximum atomic E-state index is 9.21. The number of para-hydroxylation sites is 1. The van der Waals surface area contributed by atoms with Crippen LogP contribution in [0.1, 0.15) is 18.9 Å². The molecular weight excluding hydrogens is 200 g/mol. The molecule has 1 N–H and O–H groups in total. The lowest BCUT2D eigenvalue weighted by molar-refractivity contribution is 0.185. The SMILES string of the molecule is C[C@H](O)CCc1cnn(-c2ccccc2)c1. The van der Waals surface area contributed by atoms with Crippen molar-refractivity contribution in [3.63, 3.8) is 0 Å². The molecular formula is C13H16N2O. The van der Waals surface area contributed by atoms with Crippen molar-refractivity contribution in [3.8, 4) is 5.69 Å². The van der Waals surface area contributed by atoms with Gasteiger partial charge in [-0.25, -0.2) is 4.68 Å². The molecule has 1 aromatic heterocycles. The van der Waals surface area contributed by atoms with Gasteiger partial charge in [0.2, 0.25) is 0 Å². The number of aryl methyl sites for hydroxylation is 1. The molecule has 0 saturated heterocycles. The van der Waals surface area contributed by atoms with Gasteiger partial charge >= 0.3 is 0 Å². The molecule has 1 heterocycles. The van der Waals surface area contributed by atoms with Gasteiger partial charge in [-0.1, -0.05) is 18.2 Å². The molecule has 0 aliphatic rings. The van der Waals surface area contributed by atoms with E-state index in [2.05, 4.69) is 5.10 Å². The van der Waals surface area contributed by atoms with E-state index in [9.17, 15) is 5.11 Å². The van der Waals surface area contributed by atoms with Gasteiger partial charge in [-0.15, -0.1) is 0 Å². The first kappa shape index (κ1) is 10.9. The fraction of sp³-hybridized carbons (Fsp3) is 0.308. The van der Waals surface area contributed by atoms with Crippen LogP contribution in [0.2, 0.25) is 0 Å². The van der Waals surface area contributed by atoms with Gasteiger partial charge in [0.25, 0.3) is 0 Å². The highest BCUT2D eigenvalue weighted by Gasteiger charge is 2.02. The summed E-state index contributed by atoms with van der Waals surface area (Å²) in [5, 5.41) is 13.5. The van der Waals surface area contributed by atoms with Crippen LogP contribution in [0.5, 0.6) is 0 Å². The number of rotatable bonds is 4. The first-order chi connectivity index (χ1) is 7.75. The molecule has 84 valence electrons. The highest BCUT2D eigenvalue weighted by Crippen LogP contribution is 2.09. The molecule has 0 bridgehead atoms. The number of aliphatic hydroxyl groups excluding tert-OH is 1. The largest absolute Gasteiger partial charge is 0.393 e. The highest BCUT2D eigenvalue weighted by atomic mass is 16.3. The van der Waals surface area contributed by atoms with Gasteiger partial charge in [0.05, 0.1) is 18.0 Å². The van der Waals surface area contributed by atoms with Gasteiger partial charge in [-0.3, -0.25) is 0 Å². The van der Waals surface area contributed by atoms with E-state index >= 15 is 0 Å². The van der Waals surface area contributed by atoms with Crippen LogP contribution in [0.25, 0.3) is 5.69 Å². The van der Waals surface area contributed by atoms with Gasteiger partial charge in [-0.2, -0.15) is 5.10 Å². The van der Waals surface area contributed by atoms with Crippen molar-refractivity contribution in [1.29, 1.82) is 0 Å². The first-order valence-electron chi connectivity index (χ1n) is 5.53. The Bertz CT molecular complexity index is 434. The number of hydrogen-bond acceptors (Lipinski definition) is 2. The number of hydrogen-bond donors (Lipinski definition) is 1. The molecule has 0 aliphatic heterocycles. The van der Waals surface area contributed by atoms with Crippen molar-refractivity contribution in [2.24, 2.45) is 0 Å². The summed E-state index contributed by atoms with van der Waals surface area (Å²) in [6.07, 6.45) is 5.26. The Hall–Kier alpha value is -1.61. The second-order valence-electron chi connectivity index (χ2n) is 4.02. The molecule has 1 atom stereocenters. The van der Waals surface area contributed by atoms with Gasteiger partial charge in [0.15, 0.2) is 0 Å². The van der Waals surface area contributed by atoms with Crippen molar-refractivity contribution in [1.82, 2.24) is 9.78 Å². The first-order valence-corrected chi connectivity index (χ1v) is 5.53. The van der Waals surface area contributed by atoms with Crippen LogP contribution in [0.15, 0.2) is 42.7 Å². The van der Waals surface area contributed by atoms with Gasteiger partial charge in [0, 0.05) is 6.20 Å². The van der Waals surface area contributed by atoms with Crippen molar-refractivity contribution in [2.45, 2.75) is 25.9 Å². The Morgan fingerprint density at radius 2 is 2.06 bits per heavy atom. The fourth-order valence-corrected chi connectivity index (χ4v) is 1.59. The van der Waals surface area contributed by atoms with Crippen LogP contribution < -0.4 is 0 Å². The minimum absolute atomic E-state index is 0.250. The molecule has 0 radical (unpaired) electrons. The third-order valence-corrected chi connectivity index (χ3v) is 2.51. The van der Waals surface area contributed by atoms with Gasteiger partial charge < -0.3 is 5.11 Å². The van der Waals surface area contributed by atoms with Crippen LogP contribution in [-0.4, -0.2) is 21.0 Å². The van der Waals surface area contributed by atoms with E-state index in [1.807, 2.05) is 54.3 Å². The molecule has 0 unspecified atom stereocenters. The van der Waals surface area contributed by atoms with E-state index < -0.39 is 0 Å². The van der Waals surface area contributed by atoms with E-state index in [0.29, 0.717) is 0 Å². The summed E-state index contributed by atoms with van der Waals surface area (Å²) >= 11 is 0. The van der Waals surface area contributed by atoms with Crippen molar-refractivity contribution < 1.29 is 5.11 Å².